The van der Waals surface area contributed by atoms with E-state index in [4.69, 9.17) is 4.74 Å². The van der Waals surface area contributed by atoms with Gasteiger partial charge in [-0.15, -0.1) is 22.7 Å². The minimum absolute atomic E-state index is 0.215. The molecule has 0 amide bonds. The number of cyclic esters (lactones) is 1. The average molecular weight is 344 g/mol. The van der Waals surface area contributed by atoms with Crippen molar-refractivity contribution in [1.29, 1.82) is 0 Å². The fourth-order valence-electron chi connectivity index (χ4n) is 2.18. The van der Waals surface area contributed by atoms with Gasteiger partial charge in [-0.25, -0.2) is 0 Å². The third-order valence-corrected chi connectivity index (χ3v) is 5.07. The zero-order chi connectivity index (χ0) is 16.4. The van der Waals surface area contributed by atoms with Crippen molar-refractivity contribution in [2.75, 3.05) is 0 Å². The van der Waals surface area contributed by atoms with E-state index in [-0.39, 0.29) is 5.76 Å². The Labute approximate surface area is 140 Å². The first-order valence-electron chi connectivity index (χ1n) is 6.83. The zero-order valence-corrected chi connectivity index (χ0v) is 13.8. The monoisotopic (exact) mass is 344 g/mol. The number of esters is 1. The van der Waals surface area contributed by atoms with Crippen LogP contribution in [-0.4, -0.2) is 17.5 Å². The molecule has 0 saturated carbocycles. The number of thiophene rings is 2. The van der Waals surface area contributed by atoms with E-state index in [0.717, 1.165) is 15.3 Å². The molecule has 1 atom stereocenters. The number of rotatable bonds is 4. The molecule has 0 N–H and O–H groups in total. The Morgan fingerprint density at radius 1 is 1.30 bits per heavy atom. The zero-order valence-electron chi connectivity index (χ0n) is 12.1. The first-order chi connectivity index (χ1) is 11.0. The Kier molecular flexibility index (Phi) is 4.36. The van der Waals surface area contributed by atoms with Gasteiger partial charge in [0.05, 0.1) is 0 Å². The summed E-state index contributed by atoms with van der Waals surface area (Å²) in [6.45, 7) is 1.50. The number of carbonyl (C=O) groups excluding carboxylic acids is 3. The summed E-state index contributed by atoms with van der Waals surface area (Å²) in [5.74, 6) is -3.07. The Hall–Kier alpha value is -2.31. The van der Waals surface area contributed by atoms with Gasteiger partial charge in [-0.1, -0.05) is 6.07 Å². The molecule has 116 valence electrons. The Balaban J connectivity index is 1.74. The van der Waals surface area contributed by atoms with Crippen LogP contribution >= 0.6 is 22.7 Å². The van der Waals surface area contributed by atoms with Gasteiger partial charge in [0.2, 0.25) is 0 Å². The summed E-state index contributed by atoms with van der Waals surface area (Å²) < 4.78 is 4.85. The van der Waals surface area contributed by atoms with E-state index in [0.29, 0.717) is 0 Å². The standard InChI is InChI=1S/C17H12O4S2/c1-10-7-14(19)16(17(20)21-10)13(18)5-4-12-8-11(9-23-12)15-3-2-6-22-15/h2-9,16H,1H3/b5-4-/t16-/m0/s1. The van der Waals surface area contributed by atoms with E-state index in [1.807, 2.05) is 29.0 Å². The smallest absolute Gasteiger partial charge is 0.329 e. The molecule has 0 unspecified atom stereocenters. The molecule has 0 aromatic carbocycles. The van der Waals surface area contributed by atoms with Crippen molar-refractivity contribution < 1.29 is 19.1 Å². The maximum atomic E-state index is 12.1. The van der Waals surface area contributed by atoms with Crippen LogP contribution < -0.4 is 0 Å². The molecule has 4 nitrogen and oxygen atoms in total. The van der Waals surface area contributed by atoms with E-state index >= 15 is 0 Å². The lowest BCUT2D eigenvalue weighted by atomic mass is 9.96. The summed E-state index contributed by atoms with van der Waals surface area (Å²) >= 11 is 3.13. The van der Waals surface area contributed by atoms with Crippen molar-refractivity contribution in [2.45, 2.75) is 6.92 Å². The molecular formula is C17H12O4S2. The predicted molar refractivity (Wildman–Crippen MR) is 90.0 cm³/mol. The minimum atomic E-state index is -1.38. The summed E-state index contributed by atoms with van der Waals surface area (Å²) in [5.41, 5.74) is 1.09. The second-order valence-electron chi connectivity index (χ2n) is 4.96. The molecule has 2 aromatic heterocycles. The van der Waals surface area contributed by atoms with Crippen molar-refractivity contribution >= 4 is 46.3 Å². The highest BCUT2D eigenvalue weighted by Gasteiger charge is 2.36. The maximum absolute atomic E-state index is 12.1. The summed E-state index contributed by atoms with van der Waals surface area (Å²) in [6.07, 6.45) is 4.07. The molecular weight excluding hydrogens is 332 g/mol. The van der Waals surface area contributed by atoms with E-state index in [9.17, 15) is 14.4 Å². The molecule has 6 heteroatoms. The molecule has 1 aliphatic rings. The average Bonchev–Trinajstić information content (AvgIpc) is 3.15. The largest absolute Gasteiger partial charge is 0.430 e. The topological polar surface area (TPSA) is 60.4 Å². The molecule has 2 aromatic rings. The van der Waals surface area contributed by atoms with Gasteiger partial charge in [0.25, 0.3) is 0 Å². The van der Waals surface area contributed by atoms with Crippen LogP contribution in [0, 0.1) is 5.92 Å². The van der Waals surface area contributed by atoms with Gasteiger partial charge in [-0.05, 0) is 42.0 Å². The normalized spacial score (nSPS) is 18.1. The quantitative estimate of drug-likeness (QED) is 0.482. The van der Waals surface area contributed by atoms with Crippen molar-refractivity contribution in [3.05, 3.63) is 51.7 Å². The SMILES string of the molecule is CC1=CC(=O)[C@H](C(=O)/C=C\c2cc(-c3cccs3)cs2)C(=O)O1. The van der Waals surface area contributed by atoms with Gasteiger partial charge in [-0.2, -0.15) is 0 Å². The summed E-state index contributed by atoms with van der Waals surface area (Å²) in [7, 11) is 0. The first kappa shape index (κ1) is 15.6. The molecule has 0 aliphatic carbocycles. The predicted octanol–water partition coefficient (Wildman–Crippen LogP) is 3.70. The van der Waals surface area contributed by atoms with Crippen LogP contribution in [-0.2, 0) is 19.1 Å². The number of hydrogen-bond donors (Lipinski definition) is 0. The summed E-state index contributed by atoms with van der Waals surface area (Å²) in [5, 5.41) is 4.00. The lowest BCUT2D eigenvalue weighted by Crippen LogP contribution is -2.34. The molecule has 3 heterocycles. The maximum Gasteiger partial charge on any atom is 0.329 e. The van der Waals surface area contributed by atoms with Crippen LogP contribution in [0.1, 0.15) is 11.8 Å². The lowest BCUT2D eigenvalue weighted by Gasteiger charge is -2.15. The van der Waals surface area contributed by atoms with Gasteiger partial charge in [0.15, 0.2) is 17.5 Å². The summed E-state index contributed by atoms with van der Waals surface area (Å²) in [4.78, 5) is 37.6. The van der Waals surface area contributed by atoms with E-state index in [1.54, 1.807) is 17.4 Å². The van der Waals surface area contributed by atoms with Gasteiger partial charge >= 0.3 is 5.97 Å². The Bertz CT molecular complexity index is 825. The first-order valence-corrected chi connectivity index (χ1v) is 8.59. The number of carbonyl (C=O) groups is 3. The van der Waals surface area contributed by atoms with Crippen LogP contribution in [0.5, 0.6) is 0 Å². The van der Waals surface area contributed by atoms with Crippen LogP contribution in [0.15, 0.2) is 46.9 Å². The minimum Gasteiger partial charge on any atom is -0.430 e. The van der Waals surface area contributed by atoms with Gasteiger partial charge in [0, 0.05) is 21.4 Å². The molecule has 0 saturated heterocycles. The second kappa shape index (κ2) is 6.44. The number of ketones is 2. The van der Waals surface area contributed by atoms with Crippen LogP contribution in [0.4, 0.5) is 0 Å². The van der Waals surface area contributed by atoms with Crippen LogP contribution in [0.3, 0.4) is 0 Å². The number of ether oxygens (including phenoxy) is 1. The highest BCUT2D eigenvalue weighted by Crippen LogP contribution is 2.29. The van der Waals surface area contributed by atoms with Gasteiger partial charge in [-0.3, -0.25) is 14.4 Å². The molecule has 0 bridgehead atoms. The number of hydrogen-bond acceptors (Lipinski definition) is 6. The summed E-state index contributed by atoms with van der Waals surface area (Å²) in [6, 6.07) is 5.97. The lowest BCUT2D eigenvalue weighted by molar-refractivity contribution is -0.151. The molecule has 0 fully saturated rings. The number of allylic oxidation sites excluding steroid dienone is 3. The third kappa shape index (κ3) is 3.38. The van der Waals surface area contributed by atoms with E-state index in [1.165, 1.54) is 30.4 Å². The second-order valence-corrected chi connectivity index (χ2v) is 6.85. The van der Waals surface area contributed by atoms with Gasteiger partial charge in [0.1, 0.15) is 5.76 Å². The van der Waals surface area contributed by atoms with Gasteiger partial charge < -0.3 is 4.74 Å². The van der Waals surface area contributed by atoms with Crippen molar-refractivity contribution in [3.8, 4) is 10.4 Å². The molecule has 0 spiro atoms. The Morgan fingerprint density at radius 3 is 2.83 bits per heavy atom. The molecule has 0 radical (unpaired) electrons. The fraction of sp³-hybridized carbons (Fsp3) is 0.118. The van der Waals surface area contributed by atoms with E-state index < -0.39 is 23.5 Å². The molecule has 1 aliphatic heterocycles. The fourth-order valence-corrected chi connectivity index (χ4v) is 3.77. The molecule has 3 rings (SSSR count). The third-order valence-electron chi connectivity index (χ3n) is 3.25. The highest BCUT2D eigenvalue weighted by atomic mass is 32.1. The van der Waals surface area contributed by atoms with Crippen molar-refractivity contribution in [2.24, 2.45) is 5.92 Å². The van der Waals surface area contributed by atoms with Crippen LogP contribution in [0.2, 0.25) is 0 Å². The van der Waals surface area contributed by atoms with E-state index in [2.05, 4.69) is 0 Å². The van der Waals surface area contributed by atoms with Crippen molar-refractivity contribution in [3.63, 3.8) is 0 Å². The van der Waals surface area contributed by atoms with Crippen LogP contribution in [0.25, 0.3) is 16.5 Å². The Morgan fingerprint density at radius 2 is 2.13 bits per heavy atom. The highest BCUT2D eigenvalue weighted by molar-refractivity contribution is 7.15. The van der Waals surface area contributed by atoms with Crippen molar-refractivity contribution in [1.82, 2.24) is 0 Å². The molecule has 23 heavy (non-hydrogen) atoms.